The molecule has 0 bridgehead atoms. The molecule has 0 fully saturated rings. The lowest BCUT2D eigenvalue weighted by Gasteiger charge is -2.12. The van der Waals surface area contributed by atoms with Gasteiger partial charge in [0.05, 0.1) is 37.6 Å². The molecule has 174 valence electrons. The molecule has 1 aromatic heterocycles. The van der Waals surface area contributed by atoms with Crippen LogP contribution in [0.2, 0.25) is 5.02 Å². The van der Waals surface area contributed by atoms with Crippen LogP contribution in [-0.4, -0.2) is 40.8 Å². The quantitative estimate of drug-likeness (QED) is 0.315. The number of halogens is 1. The molecule has 0 radical (unpaired) electrons. The molecular formula is C25H28ClN3O4. The molecule has 3 aromatic rings. The van der Waals surface area contributed by atoms with Crippen LogP contribution in [0.1, 0.15) is 43.1 Å². The highest BCUT2D eigenvalue weighted by molar-refractivity contribution is 6.30. The van der Waals surface area contributed by atoms with Crippen molar-refractivity contribution in [1.29, 1.82) is 0 Å². The number of benzene rings is 2. The van der Waals surface area contributed by atoms with Gasteiger partial charge in [0.1, 0.15) is 17.2 Å². The molecule has 0 saturated heterocycles. The molecule has 8 heteroatoms. The van der Waals surface area contributed by atoms with Gasteiger partial charge in [-0.05, 0) is 68.5 Å². The maximum Gasteiger partial charge on any atom is 0.310 e. The van der Waals surface area contributed by atoms with Gasteiger partial charge in [-0.1, -0.05) is 23.7 Å². The molecule has 1 heterocycles. The number of hydrogen-bond donors (Lipinski definition) is 0. The molecule has 0 amide bonds. The SMILES string of the molecule is CCOC(=O)Cc1ccc(OCCCOc2ccc(Cl)cc2-n2nc3c(n2)CCCC3)cc1. The maximum absolute atomic E-state index is 11.6. The Hall–Kier alpha value is -3.06. The smallest absolute Gasteiger partial charge is 0.310 e. The summed E-state index contributed by atoms with van der Waals surface area (Å²) in [4.78, 5) is 13.2. The summed E-state index contributed by atoms with van der Waals surface area (Å²) >= 11 is 6.23. The number of ether oxygens (including phenoxy) is 3. The van der Waals surface area contributed by atoms with E-state index in [1.165, 1.54) is 0 Å². The van der Waals surface area contributed by atoms with Crippen LogP contribution in [0.5, 0.6) is 11.5 Å². The van der Waals surface area contributed by atoms with Crippen LogP contribution in [0.25, 0.3) is 5.69 Å². The zero-order valence-electron chi connectivity index (χ0n) is 18.8. The number of rotatable bonds is 10. The Morgan fingerprint density at radius 3 is 2.39 bits per heavy atom. The van der Waals surface area contributed by atoms with E-state index in [0.717, 1.165) is 54.1 Å². The van der Waals surface area contributed by atoms with Gasteiger partial charge in [0.2, 0.25) is 0 Å². The van der Waals surface area contributed by atoms with Crippen molar-refractivity contribution in [2.45, 2.75) is 45.4 Å². The number of nitrogens with zero attached hydrogens (tertiary/aromatic N) is 3. The van der Waals surface area contributed by atoms with E-state index in [9.17, 15) is 4.79 Å². The molecule has 33 heavy (non-hydrogen) atoms. The summed E-state index contributed by atoms with van der Waals surface area (Å²) in [5.74, 6) is 1.21. The fraction of sp³-hybridized carbons (Fsp3) is 0.400. The lowest BCUT2D eigenvalue weighted by Crippen LogP contribution is -2.08. The van der Waals surface area contributed by atoms with Crippen LogP contribution < -0.4 is 9.47 Å². The average Bonchev–Trinajstić information content (AvgIpc) is 3.25. The summed E-state index contributed by atoms with van der Waals surface area (Å²) in [7, 11) is 0. The van der Waals surface area contributed by atoms with Gasteiger partial charge >= 0.3 is 5.97 Å². The number of hydrogen-bond acceptors (Lipinski definition) is 6. The molecule has 7 nitrogen and oxygen atoms in total. The first-order valence-electron chi connectivity index (χ1n) is 11.4. The predicted molar refractivity (Wildman–Crippen MR) is 125 cm³/mol. The fourth-order valence-corrected chi connectivity index (χ4v) is 3.90. The number of carbonyl (C=O) groups is 1. The van der Waals surface area contributed by atoms with Gasteiger partial charge in [-0.15, -0.1) is 4.80 Å². The van der Waals surface area contributed by atoms with Crippen molar-refractivity contribution >= 4 is 17.6 Å². The second-order valence-corrected chi connectivity index (χ2v) is 8.31. The van der Waals surface area contributed by atoms with Crippen LogP contribution in [-0.2, 0) is 28.8 Å². The first-order chi connectivity index (χ1) is 16.1. The molecule has 1 aliphatic rings. The Kier molecular flexibility index (Phi) is 7.83. The average molecular weight is 470 g/mol. The van der Waals surface area contributed by atoms with Crippen LogP contribution in [0.15, 0.2) is 42.5 Å². The molecular weight excluding hydrogens is 442 g/mol. The second kappa shape index (κ2) is 11.2. The summed E-state index contributed by atoms with van der Waals surface area (Å²) in [6.45, 7) is 3.18. The van der Waals surface area contributed by atoms with Crippen molar-refractivity contribution in [3.63, 3.8) is 0 Å². The maximum atomic E-state index is 11.6. The summed E-state index contributed by atoms with van der Waals surface area (Å²) in [6, 6.07) is 13.0. The van der Waals surface area contributed by atoms with E-state index in [-0.39, 0.29) is 12.4 Å². The zero-order chi connectivity index (χ0) is 23.0. The third-order valence-electron chi connectivity index (χ3n) is 5.37. The predicted octanol–water partition coefficient (Wildman–Crippen LogP) is 4.75. The van der Waals surface area contributed by atoms with E-state index < -0.39 is 0 Å². The minimum absolute atomic E-state index is 0.227. The Morgan fingerprint density at radius 2 is 1.70 bits per heavy atom. The van der Waals surface area contributed by atoms with Crippen molar-refractivity contribution in [2.75, 3.05) is 19.8 Å². The number of fused-ring (bicyclic) bond motifs is 1. The van der Waals surface area contributed by atoms with Crippen LogP contribution in [0, 0.1) is 0 Å². The molecule has 1 aliphatic carbocycles. The Bertz CT molecular complexity index is 1060. The Labute approximate surface area is 198 Å². The number of esters is 1. The molecule has 0 aliphatic heterocycles. The topological polar surface area (TPSA) is 75.5 Å². The van der Waals surface area contributed by atoms with E-state index in [2.05, 4.69) is 10.2 Å². The first kappa shape index (κ1) is 23.1. The Balaban J connectivity index is 1.28. The molecule has 2 aromatic carbocycles. The minimum Gasteiger partial charge on any atom is -0.493 e. The van der Waals surface area contributed by atoms with E-state index in [1.54, 1.807) is 17.8 Å². The van der Waals surface area contributed by atoms with E-state index in [1.807, 2.05) is 36.4 Å². The van der Waals surface area contributed by atoms with Crippen molar-refractivity contribution in [2.24, 2.45) is 0 Å². The normalized spacial score (nSPS) is 12.8. The standard InChI is InChI=1S/C25H28ClN3O4/c1-2-31-25(30)16-18-8-11-20(12-9-18)32-14-5-15-33-24-13-10-19(26)17-23(24)29-27-21-6-3-4-7-22(21)28-29/h8-13,17H,2-7,14-16H2,1H3. The molecule has 0 spiro atoms. The van der Waals surface area contributed by atoms with Gasteiger partial charge in [0.15, 0.2) is 0 Å². The van der Waals surface area contributed by atoms with E-state index in [4.69, 9.17) is 25.8 Å². The monoisotopic (exact) mass is 469 g/mol. The number of aromatic nitrogens is 3. The van der Waals surface area contributed by atoms with Gasteiger partial charge in [-0.25, -0.2) is 0 Å². The van der Waals surface area contributed by atoms with Crippen LogP contribution >= 0.6 is 11.6 Å². The summed E-state index contributed by atoms with van der Waals surface area (Å²) in [5.41, 5.74) is 3.77. The highest BCUT2D eigenvalue weighted by Gasteiger charge is 2.18. The molecule has 4 rings (SSSR count). The summed E-state index contributed by atoms with van der Waals surface area (Å²) in [6.07, 6.45) is 5.20. The van der Waals surface area contributed by atoms with Crippen molar-refractivity contribution in [1.82, 2.24) is 15.0 Å². The largest absolute Gasteiger partial charge is 0.493 e. The van der Waals surface area contributed by atoms with E-state index >= 15 is 0 Å². The number of carbonyl (C=O) groups excluding carboxylic acids is 1. The third-order valence-corrected chi connectivity index (χ3v) is 5.60. The van der Waals surface area contributed by atoms with Gasteiger partial charge in [0.25, 0.3) is 0 Å². The van der Waals surface area contributed by atoms with Crippen molar-refractivity contribution < 1.29 is 19.0 Å². The van der Waals surface area contributed by atoms with Crippen molar-refractivity contribution in [3.05, 3.63) is 64.4 Å². The second-order valence-electron chi connectivity index (χ2n) is 7.88. The van der Waals surface area contributed by atoms with Crippen LogP contribution in [0.3, 0.4) is 0 Å². The zero-order valence-corrected chi connectivity index (χ0v) is 19.5. The summed E-state index contributed by atoms with van der Waals surface area (Å²) < 4.78 is 16.8. The lowest BCUT2D eigenvalue weighted by molar-refractivity contribution is -0.142. The van der Waals surface area contributed by atoms with Crippen molar-refractivity contribution in [3.8, 4) is 17.2 Å². The lowest BCUT2D eigenvalue weighted by atomic mass is 10.0. The molecule has 0 saturated carbocycles. The highest BCUT2D eigenvalue weighted by atomic mass is 35.5. The van der Waals surface area contributed by atoms with Gasteiger partial charge < -0.3 is 14.2 Å². The molecule has 0 unspecified atom stereocenters. The fourth-order valence-electron chi connectivity index (χ4n) is 3.73. The van der Waals surface area contributed by atoms with Gasteiger partial charge in [-0.3, -0.25) is 4.79 Å². The molecule has 0 atom stereocenters. The molecule has 0 N–H and O–H groups in total. The summed E-state index contributed by atoms with van der Waals surface area (Å²) in [5, 5.41) is 9.92. The first-order valence-corrected chi connectivity index (χ1v) is 11.8. The third kappa shape index (κ3) is 6.26. The highest BCUT2D eigenvalue weighted by Crippen LogP contribution is 2.27. The van der Waals surface area contributed by atoms with Crippen LogP contribution in [0.4, 0.5) is 0 Å². The van der Waals surface area contributed by atoms with E-state index in [0.29, 0.717) is 37.0 Å². The van der Waals surface area contributed by atoms with Gasteiger partial charge in [-0.2, -0.15) is 10.2 Å². The van der Waals surface area contributed by atoms with Gasteiger partial charge in [0, 0.05) is 11.4 Å². The minimum atomic E-state index is -0.227. The Morgan fingerprint density at radius 1 is 1.00 bits per heavy atom. The number of aryl methyl sites for hydroxylation is 2.